The third-order valence-electron chi connectivity index (χ3n) is 4.49. The van der Waals surface area contributed by atoms with Crippen molar-refractivity contribution >= 4 is 16.9 Å². The molecular formula is C23H23N. The minimum Gasteiger partial charge on any atom is -0.343 e. The summed E-state index contributed by atoms with van der Waals surface area (Å²) in [6.07, 6.45) is 10.3. The van der Waals surface area contributed by atoms with Crippen LogP contribution in [0, 0.1) is 6.92 Å². The largest absolute Gasteiger partial charge is 0.343 e. The summed E-state index contributed by atoms with van der Waals surface area (Å²) in [6, 6.07) is 15.1. The van der Waals surface area contributed by atoms with Crippen LogP contribution < -0.4 is 4.90 Å². The molecular weight excluding hydrogens is 290 g/mol. The van der Waals surface area contributed by atoms with E-state index in [1.54, 1.807) is 0 Å². The van der Waals surface area contributed by atoms with Gasteiger partial charge < -0.3 is 4.90 Å². The molecule has 0 aromatic heterocycles. The Morgan fingerprint density at radius 3 is 2.54 bits per heavy atom. The molecule has 0 fully saturated rings. The van der Waals surface area contributed by atoms with E-state index in [2.05, 4.69) is 93.1 Å². The summed E-state index contributed by atoms with van der Waals surface area (Å²) < 4.78 is 0. The van der Waals surface area contributed by atoms with E-state index >= 15 is 0 Å². The first-order chi connectivity index (χ1) is 11.7. The number of hydrogen-bond donors (Lipinski definition) is 0. The van der Waals surface area contributed by atoms with Crippen molar-refractivity contribution in [2.45, 2.75) is 13.8 Å². The maximum atomic E-state index is 3.77. The summed E-state index contributed by atoms with van der Waals surface area (Å²) >= 11 is 0. The van der Waals surface area contributed by atoms with E-state index in [0.29, 0.717) is 0 Å². The lowest BCUT2D eigenvalue weighted by Gasteiger charge is -2.33. The van der Waals surface area contributed by atoms with Crippen LogP contribution in [0.15, 0.2) is 85.0 Å². The Morgan fingerprint density at radius 2 is 1.79 bits per heavy atom. The number of anilines is 2. The van der Waals surface area contributed by atoms with Gasteiger partial charge in [-0.1, -0.05) is 67.3 Å². The van der Waals surface area contributed by atoms with Gasteiger partial charge in [0.05, 0.1) is 5.69 Å². The van der Waals surface area contributed by atoms with E-state index in [0.717, 1.165) is 0 Å². The Bertz CT molecular complexity index is 865. The predicted octanol–water partition coefficient (Wildman–Crippen LogP) is 6.20. The van der Waals surface area contributed by atoms with Gasteiger partial charge in [0.1, 0.15) is 0 Å². The quantitative estimate of drug-likeness (QED) is 0.610. The number of para-hydroxylation sites is 2. The highest BCUT2D eigenvalue weighted by Crippen LogP contribution is 2.45. The zero-order valence-electron chi connectivity index (χ0n) is 14.6. The maximum absolute atomic E-state index is 3.77. The Balaban J connectivity index is 2.27. The highest BCUT2D eigenvalue weighted by Gasteiger charge is 2.24. The molecule has 1 aliphatic rings. The molecule has 2 aromatic carbocycles. The Morgan fingerprint density at radius 1 is 1.04 bits per heavy atom. The van der Waals surface area contributed by atoms with Crippen molar-refractivity contribution in [2.75, 3.05) is 11.9 Å². The van der Waals surface area contributed by atoms with Crippen molar-refractivity contribution < 1.29 is 0 Å². The lowest BCUT2D eigenvalue weighted by Crippen LogP contribution is -2.19. The van der Waals surface area contributed by atoms with Crippen LogP contribution in [-0.2, 0) is 0 Å². The maximum Gasteiger partial charge on any atom is 0.0517 e. The molecule has 0 unspecified atom stereocenters. The molecule has 1 aliphatic heterocycles. The molecule has 0 N–H and O–H groups in total. The standard InChI is InChI=1S/C23H23N/c1-5-7-12-18(6-2)16-21-19-13-8-9-15-22(19)24(4)23-17(3)11-10-14-20(21)23/h5-16H,1H2,2-4H3/b12-7-,18-6+,21-16+. The molecule has 0 atom stereocenters. The molecule has 1 heterocycles. The first-order valence-electron chi connectivity index (χ1n) is 8.27. The first-order valence-corrected chi connectivity index (χ1v) is 8.27. The smallest absolute Gasteiger partial charge is 0.0517 e. The fraction of sp³-hybridized carbons (Fsp3) is 0.130. The van der Waals surface area contributed by atoms with Crippen molar-refractivity contribution in [3.8, 4) is 0 Å². The summed E-state index contributed by atoms with van der Waals surface area (Å²) in [4.78, 5) is 2.30. The van der Waals surface area contributed by atoms with Crippen LogP contribution in [-0.4, -0.2) is 7.05 Å². The average Bonchev–Trinajstić information content (AvgIpc) is 2.61. The third-order valence-corrected chi connectivity index (χ3v) is 4.49. The van der Waals surface area contributed by atoms with Gasteiger partial charge in [-0.2, -0.15) is 0 Å². The topological polar surface area (TPSA) is 3.24 Å². The third kappa shape index (κ3) is 2.74. The highest BCUT2D eigenvalue weighted by molar-refractivity contribution is 5.99. The first kappa shape index (κ1) is 16.1. The second-order valence-corrected chi connectivity index (χ2v) is 5.99. The van der Waals surface area contributed by atoms with Crippen LogP contribution in [0.1, 0.15) is 23.6 Å². The van der Waals surface area contributed by atoms with Gasteiger partial charge >= 0.3 is 0 Å². The number of allylic oxidation sites excluding steroid dienone is 6. The summed E-state index contributed by atoms with van der Waals surface area (Å²) in [5, 5.41) is 0. The molecule has 3 rings (SSSR count). The molecule has 0 spiro atoms. The number of aryl methyl sites for hydroxylation is 1. The zero-order valence-corrected chi connectivity index (χ0v) is 14.6. The van der Waals surface area contributed by atoms with Crippen LogP contribution in [0.4, 0.5) is 11.4 Å². The minimum absolute atomic E-state index is 1.18. The van der Waals surface area contributed by atoms with Crippen LogP contribution in [0.2, 0.25) is 0 Å². The highest BCUT2D eigenvalue weighted by atomic mass is 15.1. The second kappa shape index (κ2) is 6.76. The molecule has 0 aliphatic carbocycles. The van der Waals surface area contributed by atoms with E-state index in [-0.39, 0.29) is 0 Å². The van der Waals surface area contributed by atoms with E-state index in [4.69, 9.17) is 0 Å². The summed E-state index contributed by atoms with van der Waals surface area (Å²) in [5.74, 6) is 0. The van der Waals surface area contributed by atoms with Gasteiger partial charge in [0, 0.05) is 23.9 Å². The number of benzene rings is 2. The molecule has 24 heavy (non-hydrogen) atoms. The fourth-order valence-electron chi connectivity index (χ4n) is 3.31. The number of rotatable bonds is 3. The van der Waals surface area contributed by atoms with Gasteiger partial charge in [0.15, 0.2) is 0 Å². The molecule has 1 heteroatoms. The van der Waals surface area contributed by atoms with Crippen LogP contribution in [0.3, 0.4) is 0 Å². The van der Waals surface area contributed by atoms with Crippen molar-refractivity contribution in [1.82, 2.24) is 0 Å². The van der Waals surface area contributed by atoms with Crippen molar-refractivity contribution in [2.24, 2.45) is 0 Å². The lowest BCUT2D eigenvalue weighted by molar-refractivity contribution is 1.15. The van der Waals surface area contributed by atoms with Gasteiger partial charge in [-0.25, -0.2) is 0 Å². The van der Waals surface area contributed by atoms with Gasteiger partial charge in [0.2, 0.25) is 0 Å². The number of fused-ring (bicyclic) bond motifs is 2. The summed E-state index contributed by atoms with van der Waals surface area (Å²) in [5.41, 5.74) is 8.81. The molecule has 1 nitrogen and oxygen atoms in total. The van der Waals surface area contributed by atoms with Crippen LogP contribution >= 0.6 is 0 Å². The van der Waals surface area contributed by atoms with E-state index in [1.165, 1.54) is 39.2 Å². The predicted molar refractivity (Wildman–Crippen MR) is 106 cm³/mol. The number of hydrogen-bond acceptors (Lipinski definition) is 1. The van der Waals surface area contributed by atoms with E-state index < -0.39 is 0 Å². The molecule has 0 saturated heterocycles. The number of nitrogens with zero attached hydrogens (tertiary/aromatic N) is 1. The van der Waals surface area contributed by atoms with Gasteiger partial charge in [0.25, 0.3) is 0 Å². The zero-order chi connectivity index (χ0) is 17.1. The minimum atomic E-state index is 1.18. The summed E-state index contributed by atoms with van der Waals surface area (Å²) in [7, 11) is 2.15. The average molecular weight is 313 g/mol. The molecule has 120 valence electrons. The fourth-order valence-corrected chi connectivity index (χ4v) is 3.31. The molecule has 2 aromatic rings. The SMILES string of the molecule is C=C\C=C/C(=C\C)/C=C1\c2ccccc2N(C)c2c(C)cccc21. The molecule has 0 radical (unpaired) electrons. The molecule has 0 saturated carbocycles. The normalized spacial score (nSPS) is 15.5. The second-order valence-electron chi connectivity index (χ2n) is 5.99. The van der Waals surface area contributed by atoms with E-state index in [9.17, 15) is 0 Å². The lowest BCUT2D eigenvalue weighted by atomic mass is 9.87. The monoisotopic (exact) mass is 313 g/mol. The van der Waals surface area contributed by atoms with Crippen molar-refractivity contribution in [3.63, 3.8) is 0 Å². The Kier molecular flexibility index (Phi) is 4.52. The van der Waals surface area contributed by atoms with Crippen molar-refractivity contribution in [1.29, 1.82) is 0 Å². The van der Waals surface area contributed by atoms with Gasteiger partial charge in [-0.05, 0) is 42.7 Å². The molecule has 0 amide bonds. The van der Waals surface area contributed by atoms with E-state index in [1.807, 2.05) is 12.2 Å². The van der Waals surface area contributed by atoms with Crippen LogP contribution in [0.5, 0.6) is 0 Å². The van der Waals surface area contributed by atoms with Gasteiger partial charge in [-0.3, -0.25) is 0 Å². The van der Waals surface area contributed by atoms with Crippen LogP contribution in [0.25, 0.3) is 5.57 Å². The van der Waals surface area contributed by atoms with Gasteiger partial charge in [-0.15, -0.1) is 0 Å². The Hall–Kier alpha value is -2.80. The van der Waals surface area contributed by atoms with Crippen molar-refractivity contribution in [3.05, 3.63) is 102 Å². The molecule has 0 bridgehead atoms. The Labute approximate surface area is 144 Å². The summed E-state index contributed by atoms with van der Waals surface area (Å²) in [6.45, 7) is 8.01.